The van der Waals surface area contributed by atoms with Gasteiger partial charge in [0.1, 0.15) is 0 Å². The SMILES string of the molecule is C[C@]1(CCc2ccccc2)OC(=O)N(CCO)[C@@]1(C)O. The van der Waals surface area contributed by atoms with Crippen LogP contribution >= 0.6 is 0 Å². The summed E-state index contributed by atoms with van der Waals surface area (Å²) >= 11 is 0. The second-order valence-corrected chi connectivity index (χ2v) is 5.48. The van der Waals surface area contributed by atoms with Crippen LogP contribution in [0, 0.1) is 0 Å². The first-order valence-corrected chi connectivity index (χ1v) is 6.78. The van der Waals surface area contributed by atoms with Gasteiger partial charge in [-0.3, -0.25) is 4.90 Å². The summed E-state index contributed by atoms with van der Waals surface area (Å²) in [6.07, 6.45) is 0.630. The van der Waals surface area contributed by atoms with E-state index >= 15 is 0 Å². The third-order valence-corrected chi connectivity index (χ3v) is 4.12. The summed E-state index contributed by atoms with van der Waals surface area (Å²) in [4.78, 5) is 13.0. The quantitative estimate of drug-likeness (QED) is 0.857. The molecule has 0 aliphatic carbocycles. The zero-order chi connectivity index (χ0) is 14.8. The van der Waals surface area contributed by atoms with Gasteiger partial charge in [0.2, 0.25) is 0 Å². The minimum absolute atomic E-state index is 0.0623. The summed E-state index contributed by atoms with van der Waals surface area (Å²) in [5, 5.41) is 19.6. The molecule has 0 bridgehead atoms. The molecule has 2 rings (SSSR count). The van der Waals surface area contributed by atoms with Gasteiger partial charge in [-0.25, -0.2) is 4.79 Å². The summed E-state index contributed by atoms with van der Waals surface area (Å²) in [5.41, 5.74) is -1.29. The van der Waals surface area contributed by atoms with Crippen LogP contribution in [-0.2, 0) is 11.2 Å². The number of carbonyl (C=O) groups is 1. The lowest BCUT2D eigenvalue weighted by molar-refractivity contribution is -0.140. The number of cyclic esters (lactones) is 1. The van der Waals surface area contributed by atoms with Gasteiger partial charge < -0.3 is 14.9 Å². The molecule has 1 saturated heterocycles. The number of benzene rings is 1. The predicted molar refractivity (Wildman–Crippen MR) is 74.1 cm³/mol. The zero-order valence-electron chi connectivity index (χ0n) is 11.9. The van der Waals surface area contributed by atoms with Crippen LogP contribution in [0.15, 0.2) is 30.3 Å². The maximum absolute atomic E-state index is 11.8. The summed E-state index contributed by atoms with van der Waals surface area (Å²) in [5.74, 6) is 0. The lowest BCUT2D eigenvalue weighted by Gasteiger charge is -2.37. The Bertz CT molecular complexity index is 474. The van der Waals surface area contributed by atoms with Gasteiger partial charge in [-0.15, -0.1) is 0 Å². The first kappa shape index (κ1) is 14.8. The number of amides is 1. The number of nitrogens with zero attached hydrogens (tertiary/aromatic N) is 1. The molecule has 1 aromatic carbocycles. The van der Waals surface area contributed by atoms with Crippen molar-refractivity contribution < 1.29 is 19.7 Å². The summed E-state index contributed by atoms with van der Waals surface area (Å²) in [6, 6.07) is 9.85. The smallest absolute Gasteiger partial charge is 0.412 e. The number of aryl methyl sites for hydroxylation is 1. The monoisotopic (exact) mass is 279 g/mol. The molecule has 2 atom stereocenters. The first-order chi connectivity index (χ1) is 9.40. The molecular formula is C15H21NO4. The Balaban J connectivity index is 2.11. The molecule has 1 amide bonds. The first-order valence-electron chi connectivity index (χ1n) is 6.78. The van der Waals surface area contributed by atoms with Crippen molar-refractivity contribution in [1.82, 2.24) is 4.90 Å². The van der Waals surface area contributed by atoms with Crippen LogP contribution in [0.2, 0.25) is 0 Å². The van der Waals surface area contributed by atoms with Crippen LogP contribution < -0.4 is 0 Å². The molecule has 1 aliphatic heterocycles. The van der Waals surface area contributed by atoms with Gasteiger partial charge in [0.25, 0.3) is 0 Å². The Morgan fingerprint density at radius 3 is 2.50 bits per heavy atom. The molecular weight excluding hydrogens is 258 g/mol. The van der Waals surface area contributed by atoms with E-state index in [4.69, 9.17) is 9.84 Å². The van der Waals surface area contributed by atoms with Gasteiger partial charge in [-0.2, -0.15) is 0 Å². The van der Waals surface area contributed by atoms with E-state index in [2.05, 4.69) is 0 Å². The maximum atomic E-state index is 11.8. The number of aliphatic hydroxyl groups is 2. The minimum Gasteiger partial charge on any atom is -0.438 e. The molecule has 1 fully saturated rings. The van der Waals surface area contributed by atoms with E-state index in [1.807, 2.05) is 30.3 Å². The van der Waals surface area contributed by atoms with Crippen LogP contribution in [0.4, 0.5) is 4.79 Å². The second kappa shape index (κ2) is 5.42. The highest BCUT2D eigenvalue weighted by molar-refractivity contribution is 5.72. The third kappa shape index (κ3) is 2.51. The number of rotatable bonds is 5. The van der Waals surface area contributed by atoms with Crippen molar-refractivity contribution in [2.24, 2.45) is 0 Å². The average molecular weight is 279 g/mol. The highest BCUT2D eigenvalue weighted by Gasteiger charge is 2.58. The Morgan fingerprint density at radius 2 is 1.90 bits per heavy atom. The Morgan fingerprint density at radius 1 is 1.25 bits per heavy atom. The lowest BCUT2D eigenvalue weighted by Crippen LogP contribution is -2.55. The highest BCUT2D eigenvalue weighted by Crippen LogP contribution is 2.40. The van der Waals surface area contributed by atoms with Gasteiger partial charge in [0.05, 0.1) is 13.2 Å². The molecule has 1 heterocycles. The number of ether oxygens (including phenoxy) is 1. The summed E-state index contributed by atoms with van der Waals surface area (Å²) in [6.45, 7) is 3.14. The van der Waals surface area contributed by atoms with Gasteiger partial charge >= 0.3 is 6.09 Å². The van der Waals surface area contributed by atoms with Gasteiger partial charge in [0, 0.05) is 0 Å². The highest BCUT2D eigenvalue weighted by atomic mass is 16.6. The van der Waals surface area contributed by atoms with Crippen molar-refractivity contribution in [2.75, 3.05) is 13.2 Å². The van der Waals surface area contributed by atoms with Crippen LogP contribution in [0.1, 0.15) is 25.8 Å². The molecule has 5 nitrogen and oxygen atoms in total. The van der Waals surface area contributed by atoms with E-state index in [0.29, 0.717) is 12.8 Å². The van der Waals surface area contributed by atoms with Gasteiger partial charge in [0.15, 0.2) is 11.3 Å². The molecule has 0 spiro atoms. The van der Waals surface area contributed by atoms with E-state index in [1.54, 1.807) is 13.8 Å². The fourth-order valence-corrected chi connectivity index (χ4v) is 2.53. The lowest BCUT2D eigenvalue weighted by atomic mass is 9.87. The third-order valence-electron chi connectivity index (χ3n) is 4.12. The standard InChI is InChI=1S/C15H21NO4/c1-14(9-8-12-6-4-3-5-7-12)15(2,19)16(10-11-17)13(18)20-14/h3-7,17,19H,8-11H2,1-2H3/t14-,15+/m1/s1. The maximum Gasteiger partial charge on any atom is 0.412 e. The molecule has 1 aliphatic rings. The number of hydrogen-bond donors (Lipinski definition) is 2. The van der Waals surface area contributed by atoms with E-state index in [0.717, 1.165) is 5.56 Å². The van der Waals surface area contributed by atoms with Gasteiger partial charge in [-0.1, -0.05) is 30.3 Å². The normalized spacial score (nSPS) is 29.6. The Kier molecular flexibility index (Phi) is 4.01. The van der Waals surface area contributed by atoms with E-state index in [1.165, 1.54) is 4.90 Å². The van der Waals surface area contributed by atoms with Crippen molar-refractivity contribution in [3.63, 3.8) is 0 Å². The molecule has 20 heavy (non-hydrogen) atoms. The van der Waals surface area contributed by atoms with Crippen LogP contribution in [0.3, 0.4) is 0 Å². The molecule has 0 saturated carbocycles. The molecule has 1 aromatic rings. The molecule has 110 valence electrons. The fourth-order valence-electron chi connectivity index (χ4n) is 2.53. The van der Waals surface area contributed by atoms with Crippen molar-refractivity contribution >= 4 is 6.09 Å². The number of aliphatic hydroxyl groups excluding tert-OH is 1. The predicted octanol–water partition coefficient (Wildman–Crippen LogP) is 1.53. The molecule has 2 N–H and O–H groups in total. The van der Waals surface area contributed by atoms with Crippen molar-refractivity contribution in [2.45, 2.75) is 38.0 Å². The fraction of sp³-hybridized carbons (Fsp3) is 0.533. The molecule has 0 radical (unpaired) electrons. The van der Waals surface area contributed by atoms with Crippen LogP contribution in [0.5, 0.6) is 0 Å². The zero-order valence-corrected chi connectivity index (χ0v) is 11.9. The largest absolute Gasteiger partial charge is 0.438 e. The summed E-state index contributed by atoms with van der Waals surface area (Å²) < 4.78 is 5.38. The number of carbonyl (C=O) groups excluding carboxylic acids is 1. The summed E-state index contributed by atoms with van der Waals surface area (Å²) in [7, 11) is 0. The Hall–Kier alpha value is -1.59. The van der Waals surface area contributed by atoms with E-state index in [9.17, 15) is 9.90 Å². The Labute approximate surface area is 118 Å². The second-order valence-electron chi connectivity index (χ2n) is 5.48. The molecule has 0 unspecified atom stereocenters. The van der Waals surface area contributed by atoms with Crippen LogP contribution in [-0.4, -0.2) is 45.7 Å². The topological polar surface area (TPSA) is 70.0 Å². The van der Waals surface area contributed by atoms with Crippen molar-refractivity contribution in [3.05, 3.63) is 35.9 Å². The van der Waals surface area contributed by atoms with Crippen molar-refractivity contribution in [1.29, 1.82) is 0 Å². The van der Waals surface area contributed by atoms with Gasteiger partial charge in [-0.05, 0) is 32.3 Å². The molecule has 0 aromatic heterocycles. The number of hydrogen-bond acceptors (Lipinski definition) is 4. The van der Waals surface area contributed by atoms with Crippen molar-refractivity contribution in [3.8, 4) is 0 Å². The molecule has 5 heteroatoms. The average Bonchev–Trinajstić information content (AvgIpc) is 2.58. The van der Waals surface area contributed by atoms with E-state index in [-0.39, 0.29) is 13.2 Å². The number of β-amino-alcohol motifs (C(OH)–C–C–N with tert-alkyl or cyclic N) is 1. The van der Waals surface area contributed by atoms with E-state index < -0.39 is 17.4 Å². The van der Waals surface area contributed by atoms with Crippen LogP contribution in [0.25, 0.3) is 0 Å². The minimum atomic E-state index is -1.43.